The van der Waals surface area contributed by atoms with Crippen LogP contribution in [0.15, 0.2) is 65.6 Å². The Morgan fingerprint density at radius 2 is 1.76 bits per heavy atom. The lowest BCUT2D eigenvalue weighted by atomic mass is 9.93. The number of rotatable bonds is 4. The van der Waals surface area contributed by atoms with Crippen LogP contribution in [0.3, 0.4) is 0 Å². The van der Waals surface area contributed by atoms with Crippen molar-refractivity contribution in [3.63, 3.8) is 0 Å². The van der Waals surface area contributed by atoms with Crippen molar-refractivity contribution in [3.05, 3.63) is 66.7 Å². The molecule has 0 atom stereocenters. The van der Waals surface area contributed by atoms with Gasteiger partial charge in [-0.25, -0.2) is 13.6 Å². The first-order valence-electron chi connectivity index (χ1n) is 7.41. The van der Waals surface area contributed by atoms with E-state index in [9.17, 15) is 13.5 Å². The fraction of sp³-hybridized carbons (Fsp3) is 0.0526. The van der Waals surface area contributed by atoms with Gasteiger partial charge in [0.15, 0.2) is 0 Å². The minimum Gasteiger partial charge on any atom is -0.507 e. The van der Waals surface area contributed by atoms with Crippen molar-refractivity contribution < 1.29 is 18.3 Å². The SMILES string of the molecule is COc1cccc(-c2c(-c3ccc(S(N)(=O)=O)cc3)[c]ccc2O)c1. The number of phenols is 1. The summed E-state index contributed by atoms with van der Waals surface area (Å²) >= 11 is 0. The molecule has 3 N–H and O–H groups in total. The van der Waals surface area contributed by atoms with Gasteiger partial charge >= 0.3 is 0 Å². The molecule has 5 nitrogen and oxygen atoms in total. The smallest absolute Gasteiger partial charge is 0.238 e. The van der Waals surface area contributed by atoms with Crippen molar-refractivity contribution in [2.75, 3.05) is 7.11 Å². The molecule has 0 aliphatic heterocycles. The molecule has 3 aromatic rings. The minimum absolute atomic E-state index is 0.0272. The van der Waals surface area contributed by atoms with Gasteiger partial charge in [-0.1, -0.05) is 30.3 Å². The third-order valence-electron chi connectivity index (χ3n) is 3.80. The minimum atomic E-state index is -3.76. The molecule has 0 unspecified atom stereocenters. The first-order chi connectivity index (χ1) is 11.9. The van der Waals surface area contributed by atoms with E-state index in [1.165, 1.54) is 12.1 Å². The molecule has 0 spiro atoms. The monoisotopic (exact) mass is 354 g/mol. The zero-order valence-electron chi connectivity index (χ0n) is 13.4. The number of methoxy groups -OCH3 is 1. The maximum Gasteiger partial charge on any atom is 0.238 e. The van der Waals surface area contributed by atoms with Crippen molar-refractivity contribution in [1.82, 2.24) is 0 Å². The van der Waals surface area contributed by atoms with Gasteiger partial charge in [-0.2, -0.15) is 0 Å². The van der Waals surface area contributed by atoms with Crippen LogP contribution in [-0.2, 0) is 10.0 Å². The quantitative estimate of drug-likeness (QED) is 0.753. The molecule has 0 fully saturated rings. The van der Waals surface area contributed by atoms with E-state index < -0.39 is 10.0 Å². The molecule has 25 heavy (non-hydrogen) atoms. The normalized spacial score (nSPS) is 11.3. The van der Waals surface area contributed by atoms with Gasteiger partial charge in [0, 0.05) is 11.1 Å². The van der Waals surface area contributed by atoms with Crippen LogP contribution >= 0.6 is 0 Å². The molecule has 127 valence electrons. The zero-order valence-corrected chi connectivity index (χ0v) is 14.2. The molecule has 0 saturated carbocycles. The van der Waals surface area contributed by atoms with Crippen molar-refractivity contribution in [2.24, 2.45) is 5.14 Å². The summed E-state index contributed by atoms with van der Waals surface area (Å²) in [5.41, 5.74) is 2.71. The van der Waals surface area contributed by atoms with Gasteiger partial charge in [0.1, 0.15) is 11.5 Å². The zero-order chi connectivity index (χ0) is 18.0. The second-order valence-corrected chi connectivity index (χ2v) is 6.98. The second-order valence-electron chi connectivity index (χ2n) is 5.41. The Hall–Kier alpha value is -2.83. The van der Waals surface area contributed by atoms with Gasteiger partial charge in [-0.05, 0) is 47.5 Å². The number of hydrogen-bond donors (Lipinski definition) is 2. The topological polar surface area (TPSA) is 89.6 Å². The number of ether oxygens (including phenoxy) is 1. The number of phenolic OH excluding ortho intramolecular Hbond substituents is 1. The lowest BCUT2D eigenvalue weighted by molar-refractivity contribution is 0.415. The van der Waals surface area contributed by atoms with Crippen LogP contribution in [0.5, 0.6) is 11.5 Å². The number of aromatic hydroxyl groups is 1. The number of primary sulfonamides is 1. The molecular formula is C19H16NO4S. The standard InChI is InChI=1S/C19H16NO4S/c1-24-15-5-2-4-14(12-15)19-17(6-3-7-18(19)21)13-8-10-16(11-9-13)25(20,22)23/h2-5,7-12,21H,1H3,(H2,20,22,23). The highest BCUT2D eigenvalue weighted by Gasteiger charge is 2.14. The summed E-state index contributed by atoms with van der Waals surface area (Å²) in [5, 5.41) is 15.5. The molecule has 0 heterocycles. The van der Waals surface area contributed by atoms with Gasteiger partial charge in [0.2, 0.25) is 10.0 Å². The van der Waals surface area contributed by atoms with Crippen LogP contribution in [-0.4, -0.2) is 20.6 Å². The van der Waals surface area contributed by atoms with E-state index in [0.29, 0.717) is 22.4 Å². The van der Waals surface area contributed by atoms with Gasteiger partial charge in [-0.15, -0.1) is 0 Å². The van der Waals surface area contributed by atoms with Crippen molar-refractivity contribution in [3.8, 4) is 33.8 Å². The predicted molar refractivity (Wildman–Crippen MR) is 95.7 cm³/mol. The van der Waals surface area contributed by atoms with E-state index in [1.807, 2.05) is 24.3 Å². The van der Waals surface area contributed by atoms with E-state index in [0.717, 1.165) is 5.56 Å². The Morgan fingerprint density at radius 3 is 2.40 bits per heavy atom. The molecule has 6 heteroatoms. The average Bonchev–Trinajstić information content (AvgIpc) is 2.61. The lowest BCUT2D eigenvalue weighted by Crippen LogP contribution is -2.11. The molecule has 0 bridgehead atoms. The summed E-state index contributed by atoms with van der Waals surface area (Å²) in [6, 6.07) is 19.7. The maximum absolute atomic E-state index is 11.4. The van der Waals surface area contributed by atoms with Crippen LogP contribution in [0.4, 0.5) is 0 Å². The molecular weight excluding hydrogens is 338 g/mol. The van der Waals surface area contributed by atoms with Gasteiger partial charge in [0.25, 0.3) is 0 Å². The van der Waals surface area contributed by atoms with Crippen molar-refractivity contribution >= 4 is 10.0 Å². The van der Waals surface area contributed by atoms with Crippen LogP contribution < -0.4 is 9.88 Å². The Labute approximate surface area is 146 Å². The molecule has 0 saturated heterocycles. The Morgan fingerprint density at radius 1 is 1.04 bits per heavy atom. The summed E-state index contributed by atoms with van der Waals surface area (Å²) in [6.45, 7) is 0. The summed E-state index contributed by atoms with van der Waals surface area (Å²) in [5.74, 6) is 0.758. The highest BCUT2D eigenvalue weighted by Crippen LogP contribution is 2.39. The van der Waals surface area contributed by atoms with E-state index in [-0.39, 0.29) is 10.6 Å². The third-order valence-corrected chi connectivity index (χ3v) is 4.73. The maximum atomic E-state index is 11.4. The number of benzene rings is 3. The van der Waals surface area contributed by atoms with Crippen LogP contribution in [0.1, 0.15) is 0 Å². The van der Waals surface area contributed by atoms with E-state index in [1.54, 1.807) is 31.4 Å². The van der Waals surface area contributed by atoms with Crippen molar-refractivity contribution in [2.45, 2.75) is 4.90 Å². The Bertz CT molecular complexity index is 1010. The lowest BCUT2D eigenvalue weighted by Gasteiger charge is -2.13. The highest BCUT2D eigenvalue weighted by atomic mass is 32.2. The molecule has 0 aliphatic rings. The molecule has 0 aromatic heterocycles. The van der Waals surface area contributed by atoms with Gasteiger partial charge in [-0.3, -0.25) is 0 Å². The van der Waals surface area contributed by atoms with Crippen molar-refractivity contribution in [1.29, 1.82) is 0 Å². The fourth-order valence-electron chi connectivity index (χ4n) is 2.60. The first-order valence-corrected chi connectivity index (χ1v) is 8.96. The number of hydrogen-bond acceptors (Lipinski definition) is 4. The van der Waals surface area contributed by atoms with E-state index in [4.69, 9.17) is 9.88 Å². The van der Waals surface area contributed by atoms with E-state index >= 15 is 0 Å². The number of nitrogens with two attached hydrogens (primary N) is 1. The fourth-order valence-corrected chi connectivity index (χ4v) is 3.11. The molecule has 3 rings (SSSR count). The molecule has 3 aromatic carbocycles. The largest absolute Gasteiger partial charge is 0.507 e. The van der Waals surface area contributed by atoms with Gasteiger partial charge in [0.05, 0.1) is 12.0 Å². The van der Waals surface area contributed by atoms with Crippen LogP contribution in [0.25, 0.3) is 22.3 Å². The number of sulfonamides is 1. The highest BCUT2D eigenvalue weighted by molar-refractivity contribution is 7.89. The summed E-state index contributed by atoms with van der Waals surface area (Å²) < 4.78 is 28.1. The summed E-state index contributed by atoms with van der Waals surface area (Å²) in [6.07, 6.45) is 0. The van der Waals surface area contributed by atoms with E-state index in [2.05, 4.69) is 6.07 Å². The predicted octanol–water partition coefficient (Wildman–Crippen LogP) is 3.18. The average molecular weight is 354 g/mol. The molecule has 0 aliphatic carbocycles. The molecule has 0 amide bonds. The van der Waals surface area contributed by atoms with Crippen LogP contribution in [0, 0.1) is 6.07 Å². The van der Waals surface area contributed by atoms with Gasteiger partial charge < -0.3 is 9.84 Å². The van der Waals surface area contributed by atoms with Crippen LogP contribution in [0.2, 0.25) is 0 Å². The summed E-state index contributed by atoms with van der Waals surface area (Å²) in [4.78, 5) is 0.0272. The third kappa shape index (κ3) is 3.50. The Balaban J connectivity index is 2.16. The first kappa shape index (κ1) is 17.0. The second kappa shape index (κ2) is 6.58. The molecule has 1 radical (unpaired) electrons. The Kier molecular flexibility index (Phi) is 4.48. The summed E-state index contributed by atoms with van der Waals surface area (Å²) in [7, 11) is -2.18.